The second-order valence-electron chi connectivity index (χ2n) is 9.04. The fourth-order valence-electron chi connectivity index (χ4n) is 5.61. The summed E-state index contributed by atoms with van der Waals surface area (Å²) in [6.07, 6.45) is 2.43. The smallest absolute Gasteiger partial charge is 0.261 e. The van der Waals surface area contributed by atoms with Crippen molar-refractivity contribution >= 4 is 56.3 Å². The molecule has 2 atom stereocenters. The molecule has 172 valence electrons. The first-order valence-corrected chi connectivity index (χ1v) is 12.5. The van der Waals surface area contributed by atoms with Gasteiger partial charge in [-0.1, -0.05) is 33.6 Å². The fraction of sp³-hybridized carbons (Fsp3) is 0.269. The van der Waals surface area contributed by atoms with Gasteiger partial charge in [0.25, 0.3) is 5.91 Å². The maximum atomic E-state index is 14.3. The minimum Gasteiger partial charge on any atom is -0.363 e. The van der Waals surface area contributed by atoms with Gasteiger partial charge in [-0.3, -0.25) is 4.79 Å². The third kappa shape index (κ3) is 3.25. The minimum atomic E-state index is -0.763. The highest BCUT2D eigenvalue weighted by Crippen LogP contribution is 2.49. The van der Waals surface area contributed by atoms with Gasteiger partial charge in [0.15, 0.2) is 0 Å². The molecular formula is C26H23BrClN5O. The third-order valence-electron chi connectivity index (χ3n) is 7.28. The predicted molar refractivity (Wildman–Crippen MR) is 140 cm³/mol. The maximum absolute atomic E-state index is 14.3. The second-order valence-corrected chi connectivity index (χ2v) is 10.4. The normalized spacial score (nSPS) is 23.7. The van der Waals surface area contributed by atoms with Crippen molar-refractivity contribution in [3.05, 3.63) is 81.9 Å². The number of rotatable bonds is 2. The van der Waals surface area contributed by atoms with Gasteiger partial charge in [-0.25, -0.2) is 4.98 Å². The lowest BCUT2D eigenvalue weighted by atomic mass is 9.67. The van der Waals surface area contributed by atoms with Crippen molar-refractivity contribution in [2.24, 2.45) is 10.5 Å². The van der Waals surface area contributed by atoms with Gasteiger partial charge in [0.2, 0.25) is 0 Å². The van der Waals surface area contributed by atoms with Crippen LogP contribution < -0.4 is 14.8 Å². The number of carbonyl (C=O) groups is 1. The quantitative estimate of drug-likeness (QED) is 0.454. The van der Waals surface area contributed by atoms with Crippen LogP contribution in [0, 0.1) is 5.41 Å². The van der Waals surface area contributed by atoms with E-state index in [1.165, 1.54) is 5.69 Å². The van der Waals surface area contributed by atoms with E-state index in [2.05, 4.69) is 48.9 Å². The van der Waals surface area contributed by atoms with Crippen molar-refractivity contribution in [3.8, 4) is 0 Å². The topological polar surface area (TPSA) is 52.0 Å². The monoisotopic (exact) mass is 535 g/mol. The Morgan fingerprint density at radius 1 is 1.09 bits per heavy atom. The van der Waals surface area contributed by atoms with Gasteiger partial charge in [0, 0.05) is 41.0 Å². The zero-order chi connectivity index (χ0) is 23.4. The van der Waals surface area contributed by atoms with Crippen molar-refractivity contribution in [2.45, 2.75) is 19.4 Å². The van der Waals surface area contributed by atoms with Crippen LogP contribution >= 0.6 is 27.5 Å². The molecule has 1 spiro atoms. The summed E-state index contributed by atoms with van der Waals surface area (Å²) in [5.41, 5.74) is 3.18. The average Bonchev–Trinajstić information content (AvgIpc) is 3.10. The Bertz CT molecular complexity index is 1300. The lowest BCUT2D eigenvalue weighted by molar-refractivity contribution is -0.125. The van der Waals surface area contributed by atoms with Crippen LogP contribution in [0.2, 0.25) is 5.02 Å². The highest BCUT2D eigenvalue weighted by atomic mass is 79.9. The number of hydrazone groups is 1. The van der Waals surface area contributed by atoms with Gasteiger partial charge in [-0.15, -0.1) is 0 Å². The van der Waals surface area contributed by atoms with E-state index in [1.807, 2.05) is 43.5 Å². The molecule has 6 nitrogen and oxygen atoms in total. The number of hydrogen-bond donors (Lipinski definition) is 0. The molecule has 4 heterocycles. The van der Waals surface area contributed by atoms with Gasteiger partial charge < -0.3 is 9.80 Å². The predicted octanol–water partition coefficient (Wildman–Crippen LogP) is 5.16. The van der Waals surface area contributed by atoms with Crippen LogP contribution in [0.3, 0.4) is 0 Å². The van der Waals surface area contributed by atoms with E-state index >= 15 is 0 Å². The largest absolute Gasteiger partial charge is 0.363 e. The molecule has 8 heteroatoms. The zero-order valence-electron chi connectivity index (χ0n) is 18.7. The molecule has 6 rings (SSSR count). The molecule has 0 bridgehead atoms. The average molecular weight is 537 g/mol. The first-order valence-electron chi connectivity index (χ1n) is 11.3. The van der Waals surface area contributed by atoms with E-state index in [0.717, 1.165) is 40.3 Å². The van der Waals surface area contributed by atoms with Crippen LogP contribution in [-0.2, 0) is 11.2 Å². The Morgan fingerprint density at radius 3 is 2.68 bits per heavy atom. The molecular weight excluding hydrogens is 514 g/mol. The van der Waals surface area contributed by atoms with Crippen LogP contribution in [0.4, 0.5) is 17.2 Å². The Morgan fingerprint density at radius 2 is 1.91 bits per heavy atom. The Labute approximate surface area is 212 Å². The number of hydrogen-bond acceptors (Lipinski definition) is 5. The van der Waals surface area contributed by atoms with Crippen LogP contribution in [0.25, 0.3) is 0 Å². The first kappa shape index (κ1) is 21.6. The van der Waals surface area contributed by atoms with Gasteiger partial charge in [-0.2, -0.15) is 10.1 Å². The third-order valence-corrected chi connectivity index (χ3v) is 8.03. The SMILES string of the molecule is CC1=NN(c2ccc(Cl)cc2)C(=O)[C@@]12Cc1cc(Br)ccc1N1CCN(c3ccccn3)C[C@@H]12. The van der Waals surface area contributed by atoms with Gasteiger partial charge in [0.05, 0.1) is 17.4 Å². The second kappa shape index (κ2) is 8.10. The summed E-state index contributed by atoms with van der Waals surface area (Å²) in [5, 5.41) is 7.01. The molecule has 3 aliphatic heterocycles. The van der Waals surface area contributed by atoms with Gasteiger partial charge in [-0.05, 0) is 73.5 Å². The van der Waals surface area contributed by atoms with E-state index in [1.54, 1.807) is 17.1 Å². The van der Waals surface area contributed by atoms with E-state index < -0.39 is 5.41 Å². The number of anilines is 3. The summed E-state index contributed by atoms with van der Waals surface area (Å²) in [7, 11) is 0. The highest BCUT2D eigenvalue weighted by molar-refractivity contribution is 9.10. The number of carbonyl (C=O) groups excluding carboxylic acids is 1. The summed E-state index contributed by atoms with van der Waals surface area (Å²) < 4.78 is 1.02. The Balaban J connectivity index is 1.46. The molecule has 1 saturated heterocycles. The Kier molecular flexibility index (Phi) is 5.15. The maximum Gasteiger partial charge on any atom is 0.261 e. The first-order chi connectivity index (χ1) is 16.5. The number of amides is 1. The number of piperazine rings is 1. The summed E-state index contributed by atoms with van der Waals surface area (Å²) in [4.78, 5) is 23.6. The summed E-state index contributed by atoms with van der Waals surface area (Å²) in [6, 6.07) is 19.6. The molecule has 1 amide bonds. The van der Waals surface area contributed by atoms with Crippen LogP contribution in [0.1, 0.15) is 12.5 Å². The fourth-order valence-corrected chi connectivity index (χ4v) is 6.14. The van der Waals surface area contributed by atoms with E-state index in [0.29, 0.717) is 18.0 Å². The highest BCUT2D eigenvalue weighted by Gasteiger charge is 2.60. The molecule has 3 aliphatic rings. The molecule has 34 heavy (non-hydrogen) atoms. The van der Waals surface area contributed by atoms with Crippen LogP contribution in [0.15, 0.2) is 76.4 Å². The van der Waals surface area contributed by atoms with E-state index in [4.69, 9.17) is 16.7 Å². The molecule has 2 aromatic carbocycles. The lowest BCUT2D eigenvalue weighted by Crippen LogP contribution is -2.67. The molecule has 1 aromatic heterocycles. The summed E-state index contributed by atoms with van der Waals surface area (Å²) >= 11 is 9.73. The number of pyridine rings is 1. The number of benzene rings is 2. The molecule has 0 N–H and O–H groups in total. The summed E-state index contributed by atoms with van der Waals surface area (Å²) in [6.45, 7) is 4.33. The molecule has 0 aliphatic carbocycles. The van der Waals surface area contributed by atoms with Gasteiger partial charge >= 0.3 is 0 Å². The Hall–Kier alpha value is -2.90. The van der Waals surface area contributed by atoms with Crippen molar-refractivity contribution in [3.63, 3.8) is 0 Å². The summed E-state index contributed by atoms with van der Waals surface area (Å²) in [5.74, 6) is 0.948. The minimum absolute atomic E-state index is 0.0100. The van der Waals surface area contributed by atoms with E-state index in [-0.39, 0.29) is 11.9 Å². The number of fused-ring (bicyclic) bond motifs is 4. The van der Waals surface area contributed by atoms with Crippen LogP contribution in [0.5, 0.6) is 0 Å². The van der Waals surface area contributed by atoms with Crippen LogP contribution in [-0.4, -0.2) is 42.3 Å². The molecule has 0 saturated carbocycles. The van der Waals surface area contributed by atoms with Crippen molar-refractivity contribution in [1.29, 1.82) is 0 Å². The van der Waals surface area contributed by atoms with E-state index in [9.17, 15) is 4.79 Å². The molecule has 1 fully saturated rings. The van der Waals surface area contributed by atoms with Crippen molar-refractivity contribution < 1.29 is 4.79 Å². The number of aromatic nitrogens is 1. The standard InChI is InChI=1S/C26H23BrClN5O/c1-17-26(25(34)33(30-17)21-8-6-20(28)7-9-21)15-18-14-19(27)5-10-22(18)32-13-12-31(16-23(26)32)24-4-2-3-11-29-24/h2-11,14,23H,12-13,15-16H2,1H3/t23-,26+/m1/s1. The molecule has 0 radical (unpaired) electrons. The zero-order valence-corrected chi connectivity index (χ0v) is 21.0. The van der Waals surface area contributed by atoms with Crippen molar-refractivity contribution in [2.75, 3.05) is 34.4 Å². The lowest BCUT2D eigenvalue weighted by Gasteiger charge is -2.53. The van der Waals surface area contributed by atoms with Crippen molar-refractivity contribution in [1.82, 2.24) is 4.98 Å². The number of nitrogens with zero attached hydrogens (tertiary/aromatic N) is 5. The molecule has 3 aromatic rings. The number of halogens is 2. The van der Waals surface area contributed by atoms with Gasteiger partial charge in [0.1, 0.15) is 11.2 Å². The molecule has 0 unspecified atom stereocenters.